The highest BCUT2D eigenvalue weighted by atomic mass is 16.3. The van der Waals surface area contributed by atoms with Gasteiger partial charge in [0.2, 0.25) is 0 Å². The fourth-order valence-electron chi connectivity index (χ4n) is 4.83. The van der Waals surface area contributed by atoms with Gasteiger partial charge in [-0.2, -0.15) is 0 Å². The number of rotatable bonds is 10. The Kier molecular flexibility index (Phi) is 7.05. The minimum absolute atomic E-state index is 0.0851. The van der Waals surface area contributed by atoms with E-state index >= 15 is 0 Å². The SMILES string of the molecule is CCCCc1oc2cc3oc(CCCC)c(C(=O)c4ccc(O)cc4)c3cc2c1C(=O)c1ccc(O)cc1. The maximum Gasteiger partial charge on any atom is 0.197 e. The highest BCUT2D eigenvalue weighted by Crippen LogP contribution is 2.37. The molecular formula is C32H30O6. The minimum Gasteiger partial charge on any atom is -0.508 e. The number of benzene rings is 3. The van der Waals surface area contributed by atoms with Gasteiger partial charge in [-0.05, 0) is 67.4 Å². The van der Waals surface area contributed by atoms with Crippen molar-refractivity contribution in [2.24, 2.45) is 0 Å². The molecule has 0 saturated heterocycles. The van der Waals surface area contributed by atoms with Crippen molar-refractivity contribution in [3.05, 3.63) is 94.4 Å². The van der Waals surface area contributed by atoms with Crippen molar-refractivity contribution in [3.8, 4) is 11.5 Å². The van der Waals surface area contributed by atoms with E-state index in [9.17, 15) is 19.8 Å². The topological polar surface area (TPSA) is 101 Å². The van der Waals surface area contributed by atoms with Crippen LogP contribution in [0.25, 0.3) is 21.9 Å². The van der Waals surface area contributed by atoms with Crippen LogP contribution in [-0.4, -0.2) is 21.8 Å². The Hall–Kier alpha value is -4.32. The van der Waals surface area contributed by atoms with Gasteiger partial charge in [-0.25, -0.2) is 0 Å². The lowest BCUT2D eigenvalue weighted by molar-refractivity contribution is 0.103. The Morgan fingerprint density at radius 3 is 1.39 bits per heavy atom. The molecule has 2 N–H and O–H groups in total. The maximum absolute atomic E-state index is 13.7. The zero-order valence-corrected chi connectivity index (χ0v) is 21.5. The summed E-state index contributed by atoms with van der Waals surface area (Å²) in [7, 11) is 0. The molecule has 0 radical (unpaired) electrons. The molecule has 0 amide bonds. The van der Waals surface area contributed by atoms with Crippen molar-refractivity contribution in [3.63, 3.8) is 0 Å². The molecule has 38 heavy (non-hydrogen) atoms. The summed E-state index contributed by atoms with van der Waals surface area (Å²) in [5, 5.41) is 20.7. The molecule has 0 saturated carbocycles. The third-order valence-corrected chi connectivity index (χ3v) is 6.87. The molecule has 0 aliphatic heterocycles. The molecule has 2 heterocycles. The Labute approximate surface area is 220 Å². The number of phenols is 2. The molecule has 0 unspecified atom stereocenters. The highest BCUT2D eigenvalue weighted by Gasteiger charge is 2.27. The lowest BCUT2D eigenvalue weighted by Crippen LogP contribution is -2.05. The zero-order chi connectivity index (χ0) is 26.8. The number of ketones is 2. The first-order valence-corrected chi connectivity index (χ1v) is 13.1. The molecular weight excluding hydrogens is 480 g/mol. The van der Waals surface area contributed by atoms with Gasteiger partial charge in [0.1, 0.15) is 34.2 Å². The summed E-state index contributed by atoms with van der Waals surface area (Å²) in [4.78, 5) is 27.4. The van der Waals surface area contributed by atoms with Gasteiger partial charge in [-0.15, -0.1) is 0 Å². The quantitative estimate of drug-likeness (QED) is 0.186. The van der Waals surface area contributed by atoms with Crippen LogP contribution in [0.1, 0.15) is 82.9 Å². The largest absolute Gasteiger partial charge is 0.508 e. The third kappa shape index (κ3) is 4.70. The van der Waals surface area contributed by atoms with Crippen LogP contribution in [0.5, 0.6) is 11.5 Å². The normalized spacial score (nSPS) is 11.4. The van der Waals surface area contributed by atoms with E-state index in [4.69, 9.17) is 8.83 Å². The number of phenolic OH excluding ortho intramolecular Hbond substituents is 2. The molecule has 0 spiro atoms. The molecule has 0 aliphatic rings. The van der Waals surface area contributed by atoms with Crippen molar-refractivity contribution >= 4 is 33.5 Å². The first-order valence-electron chi connectivity index (χ1n) is 13.1. The van der Waals surface area contributed by atoms with Crippen LogP contribution in [-0.2, 0) is 12.8 Å². The number of aromatic hydroxyl groups is 2. The fraction of sp³-hybridized carbons (Fsp3) is 0.250. The number of carbonyl (C=O) groups excluding carboxylic acids is 2. The summed E-state index contributed by atoms with van der Waals surface area (Å²) in [5.41, 5.74) is 2.90. The van der Waals surface area contributed by atoms with Gasteiger partial charge in [-0.3, -0.25) is 9.59 Å². The van der Waals surface area contributed by atoms with Gasteiger partial charge in [-0.1, -0.05) is 26.7 Å². The lowest BCUT2D eigenvalue weighted by atomic mass is 9.95. The van der Waals surface area contributed by atoms with Crippen LogP contribution in [0.4, 0.5) is 0 Å². The molecule has 0 aliphatic carbocycles. The molecule has 6 nitrogen and oxygen atoms in total. The van der Waals surface area contributed by atoms with Crippen LogP contribution in [0.3, 0.4) is 0 Å². The van der Waals surface area contributed by atoms with E-state index in [1.165, 1.54) is 24.3 Å². The van der Waals surface area contributed by atoms with E-state index in [-0.39, 0.29) is 23.1 Å². The van der Waals surface area contributed by atoms with E-state index in [1.807, 2.05) is 6.07 Å². The molecule has 5 rings (SSSR count). The van der Waals surface area contributed by atoms with Crippen LogP contribution >= 0.6 is 0 Å². The van der Waals surface area contributed by atoms with E-state index in [2.05, 4.69) is 13.8 Å². The summed E-state index contributed by atoms with van der Waals surface area (Å²) in [6, 6.07) is 16.0. The van der Waals surface area contributed by atoms with Crippen LogP contribution in [0.15, 0.2) is 69.5 Å². The van der Waals surface area contributed by atoms with Crippen LogP contribution < -0.4 is 0 Å². The van der Waals surface area contributed by atoms with E-state index in [0.717, 1.165) is 25.7 Å². The average Bonchev–Trinajstić information content (AvgIpc) is 3.46. The summed E-state index contributed by atoms with van der Waals surface area (Å²) >= 11 is 0. The zero-order valence-electron chi connectivity index (χ0n) is 21.5. The van der Waals surface area contributed by atoms with Gasteiger partial charge in [0, 0.05) is 40.8 Å². The van der Waals surface area contributed by atoms with E-state index in [1.54, 1.807) is 30.3 Å². The predicted molar refractivity (Wildman–Crippen MR) is 146 cm³/mol. The van der Waals surface area contributed by atoms with Gasteiger partial charge in [0.05, 0.1) is 11.1 Å². The number of carbonyl (C=O) groups is 2. The monoisotopic (exact) mass is 510 g/mol. The summed E-state index contributed by atoms with van der Waals surface area (Å²) in [6.45, 7) is 4.16. The van der Waals surface area contributed by atoms with E-state index < -0.39 is 0 Å². The smallest absolute Gasteiger partial charge is 0.197 e. The highest BCUT2D eigenvalue weighted by molar-refractivity contribution is 6.21. The number of hydrogen-bond donors (Lipinski definition) is 2. The Bertz CT molecular complexity index is 1500. The van der Waals surface area contributed by atoms with E-state index in [0.29, 0.717) is 68.6 Å². The molecule has 2 aromatic heterocycles. The van der Waals surface area contributed by atoms with Crippen molar-refractivity contribution in [1.29, 1.82) is 0 Å². The summed E-state index contributed by atoms with van der Waals surface area (Å²) < 4.78 is 12.4. The second-order valence-corrected chi connectivity index (χ2v) is 9.60. The average molecular weight is 511 g/mol. The van der Waals surface area contributed by atoms with Crippen molar-refractivity contribution < 1.29 is 28.6 Å². The fourth-order valence-corrected chi connectivity index (χ4v) is 4.83. The van der Waals surface area contributed by atoms with Gasteiger partial charge >= 0.3 is 0 Å². The standard InChI is InChI=1S/C32H30O6/c1-3-5-7-25-29(31(35)19-9-13-21(33)14-10-19)23-17-24-28(18-27(23)37-25)38-26(8-6-4-2)30(24)32(36)20-11-15-22(34)16-12-20/h9-18,33-34H,3-8H2,1-2H3. The second kappa shape index (κ2) is 10.6. The van der Waals surface area contributed by atoms with Crippen molar-refractivity contribution in [2.75, 3.05) is 0 Å². The molecule has 0 bridgehead atoms. The number of unbranched alkanes of at least 4 members (excludes halogenated alkanes) is 2. The van der Waals surface area contributed by atoms with Gasteiger partial charge < -0.3 is 19.0 Å². The Balaban J connectivity index is 1.73. The maximum atomic E-state index is 13.7. The molecule has 0 atom stereocenters. The van der Waals surface area contributed by atoms with Crippen LogP contribution in [0.2, 0.25) is 0 Å². The van der Waals surface area contributed by atoms with Crippen molar-refractivity contribution in [1.82, 2.24) is 0 Å². The molecule has 6 heteroatoms. The molecule has 3 aromatic carbocycles. The molecule has 194 valence electrons. The van der Waals surface area contributed by atoms with Gasteiger partial charge in [0.15, 0.2) is 11.6 Å². The van der Waals surface area contributed by atoms with Gasteiger partial charge in [0.25, 0.3) is 0 Å². The lowest BCUT2D eigenvalue weighted by Gasteiger charge is -2.05. The summed E-state index contributed by atoms with van der Waals surface area (Å²) in [6.07, 6.45) is 4.81. The Morgan fingerprint density at radius 2 is 1.03 bits per heavy atom. The second-order valence-electron chi connectivity index (χ2n) is 9.60. The number of furan rings is 2. The first-order chi connectivity index (χ1) is 18.4. The third-order valence-electron chi connectivity index (χ3n) is 6.87. The number of hydrogen-bond acceptors (Lipinski definition) is 6. The Morgan fingerprint density at radius 1 is 0.632 bits per heavy atom. The first kappa shape index (κ1) is 25.3. The minimum atomic E-state index is -0.199. The number of aryl methyl sites for hydroxylation is 2. The van der Waals surface area contributed by atoms with Crippen molar-refractivity contribution in [2.45, 2.75) is 52.4 Å². The predicted octanol–water partition coefficient (Wildman–Crippen LogP) is 7.74. The molecule has 5 aromatic rings. The van der Waals surface area contributed by atoms with Crippen LogP contribution in [0, 0.1) is 0 Å². The summed E-state index contributed by atoms with van der Waals surface area (Å²) in [5.74, 6) is 0.977. The molecule has 0 fully saturated rings. The number of fused-ring (bicyclic) bond motifs is 2.